The monoisotopic (exact) mass is 548 g/mol. The highest BCUT2D eigenvalue weighted by Gasteiger charge is 2.59. The van der Waals surface area contributed by atoms with Gasteiger partial charge in [-0.3, -0.25) is 9.59 Å². The summed E-state index contributed by atoms with van der Waals surface area (Å²) in [5, 5.41) is 0. The lowest BCUT2D eigenvalue weighted by Gasteiger charge is -2.49. The first-order valence-electron chi connectivity index (χ1n) is 15.5. The molecule has 5 rings (SSSR count). The molecule has 2 aromatic rings. The summed E-state index contributed by atoms with van der Waals surface area (Å²) in [7, 11) is 4.61. The van der Waals surface area contributed by atoms with Gasteiger partial charge in [-0.25, -0.2) is 0 Å². The van der Waals surface area contributed by atoms with Crippen molar-refractivity contribution in [3.8, 4) is 0 Å². The Morgan fingerprint density at radius 1 is 0.625 bits per heavy atom. The Morgan fingerprint density at radius 2 is 0.975 bits per heavy atom. The molecule has 0 atom stereocenters. The lowest BCUT2D eigenvalue weighted by molar-refractivity contribution is -0.897. The molecule has 0 aromatic heterocycles. The van der Waals surface area contributed by atoms with Crippen LogP contribution in [0.2, 0.25) is 0 Å². The van der Waals surface area contributed by atoms with Gasteiger partial charge in [-0.15, -0.1) is 0 Å². The van der Waals surface area contributed by atoms with Gasteiger partial charge in [0.2, 0.25) is 0 Å². The van der Waals surface area contributed by atoms with Crippen molar-refractivity contribution < 1.29 is 28.0 Å². The van der Waals surface area contributed by atoms with E-state index in [0.717, 1.165) is 46.0 Å². The fourth-order valence-electron chi connectivity index (χ4n) is 7.59. The molecule has 0 amide bonds. The van der Waals surface area contributed by atoms with E-state index in [1.165, 1.54) is 51.9 Å². The van der Waals surface area contributed by atoms with Crippen molar-refractivity contribution in [2.75, 3.05) is 66.6 Å². The summed E-state index contributed by atoms with van der Waals surface area (Å²) in [6, 6.07) is 20.0. The zero-order valence-corrected chi connectivity index (χ0v) is 24.5. The Morgan fingerprint density at radius 3 is 1.32 bits per heavy atom. The van der Waals surface area contributed by atoms with Gasteiger partial charge in [0.15, 0.2) is 0 Å². The summed E-state index contributed by atoms with van der Waals surface area (Å²) in [5.74, 6) is -1.71. The third kappa shape index (κ3) is 6.60. The predicted octanol–water partition coefficient (Wildman–Crippen LogP) is 5.15. The van der Waals surface area contributed by atoms with E-state index in [2.05, 4.69) is 14.1 Å². The molecule has 216 valence electrons. The van der Waals surface area contributed by atoms with E-state index in [1.807, 2.05) is 60.7 Å². The maximum atomic E-state index is 13.7. The number of benzene rings is 2. The van der Waals surface area contributed by atoms with Gasteiger partial charge in [-0.2, -0.15) is 0 Å². The second kappa shape index (κ2) is 12.9. The molecule has 6 nitrogen and oxygen atoms in total. The fourth-order valence-corrected chi connectivity index (χ4v) is 7.59. The van der Waals surface area contributed by atoms with Gasteiger partial charge < -0.3 is 18.4 Å². The Labute approximate surface area is 240 Å². The largest absolute Gasteiger partial charge is 0.465 e. The van der Waals surface area contributed by atoms with Crippen LogP contribution in [0.5, 0.6) is 0 Å². The Bertz CT molecular complexity index is 1010. The Balaban J connectivity index is 1.28. The number of hydrogen-bond acceptors (Lipinski definition) is 4. The fraction of sp³-hybridized carbons (Fsp3) is 0.588. The van der Waals surface area contributed by atoms with Crippen molar-refractivity contribution >= 4 is 11.9 Å². The topological polar surface area (TPSA) is 52.6 Å². The number of nitrogens with zero attached hydrogens (tertiary/aromatic N) is 2. The van der Waals surface area contributed by atoms with Crippen molar-refractivity contribution in [2.45, 2.75) is 50.4 Å². The number of likely N-dealkylation sites (tertiary alicyclic amines) is 2. The summed E-state index contributed by atoms with van der Waals surface area (Å²) in [6.45, 7) is 7.78. The van der Waals surface area contributed by atoms with Gasteiger partial charge >= 0.3 is 11.9 Å². The van der Waals surface area contributed by atoms with Crippen molar-refractivity contribution in [2.24, 2.45) is 11.8 Å². The average molecular weight is 549 g/mol. The second-order valence-electron chi connectivity index (χ2n) is 13.0. The molecule has 0 spiro atoms. The van der Waals surface area contributed by atoms with Gasteiger partial charge in [0.05, 0.1) is 78.4 Å². The highest BCUT2D eigenvalue weighted by Crippen LogP contribution is 2.58. The van der Waals surface area contributed by atoms with Crippen LogP contribution in [0.3, 0.4) is 0 Å². The first-order chi connectivity index (χ1) is 19.4. The third-order valence-electron chi connectivity index (χ3n) is 9.93. The minimum Gasteiger partial charge on any atom is -0.465 e. The van der Waals surface area contributed by atoms with E-state index in [0.29, 0.717) is 13.2 Å². The van der Waals surface area contributed by atoms with Crippen LogP contribution in [-0.2, 0) is 19.1 Å². The lowest BCUT2D eigenvalue weighted by atomic mass is 9.52. The van der Waals surface area contributed by atoms with Crippen LogP contribution in [0.4, 0.5) is 0 Å². The van der Waals surface area contributed by atoms with E-state index < -0.39 is 11.8 Å². The second-order valence-corrected chi connectivity index (χ2v) is 13.0. The molecular weight excluding hydrogens is 500 g/mol. The van der Waals surface area contributed by atoms with Crippen LogP contribution < -0.4 is 0 Å². The van der Waals surface area contributed by atoms with Gasteiger partial charge in [0, 0.05) is 50.4 Å². The van der Waals surface area contributed by atoms with Gasteiger partial charge in [-0.05, 0) is 11.1 Å². The maximum Gasteiger partial charge on any atom is 0.310 e. The zero-order valence-electron chi connectivity index (χ0n) is 24.5. The lowest BCUT2D eigenvalue weighted by Crippen LogP contribution is -2.52. The van der Waals surface area contributed by atoms with E-state index in [9.17, 15) is 9.59 Å². The molecule has 3 aliphatic rings. The van der Waals surface area contributed by atoms with Crippen LogP contribution in [0, 0.1) is 11.8 Å². The SMILES string of the molecule is C[N+]1(CCCOC(=O)C2C(c3ccccc3)C(C(=O)OCCC[N+]3(C)CCCC3)C2c2ccccc2)CCCC1. The normalized spacial score (nSPS) is 26.6. The zero-order chi connectivity index (χ0) is 28.0. The number of rotatable bonds is 12. The first-order valence-corrected chi connectivity index (χ1v) is 15.5. The number of esters is 2. The molecule has 0 radical (unpaired) electrons. The molecule has 2 saturated heterocycles. The van der Waals surface area contributed by atoms with Crippen molar-refractivity contribution in [1.82, 2.24) is 0 Å². The summed E-state index contributed by atoms with van der Waals surface area (Å²) in [5.41, 5.74) is 2.01. The van der Waals surface area contributed by atoms with Gasteiger partial charge in [0.25, 0.3) is 0 Å². The number of quaternary nitrogens is 2. The van der Waals surface area contributed by atoms with E-state index in [-0.39, 0.29) is 23.8 Å². The molecule has 0 N–H and O–H groups in total. The minimum absolute atomic E-state index is 0.192. The van der Waals surface area contributed by atoms with Gasteiger partial charge in [0.1, 0.15) is 0 Å². The summed E-state index contributed by atoms with van der Waals surface area (Å²) >= 11 is 0. The van der Waals surface area contributed by atoms with Crippen LogP contribution in [0.15, 0.2) is 60.7 Å². The molecule has 3 fully saturated rings. The molecule has 0 unspecified atom stereocenters. The molecule has 2 aromatic carbocycles. The number of ether oxygens (including phenoxy) is 2. The minimum atomic E-state index is -0.409. The Hall–Kier alpha value is -2.70. The van der Waals surface area contributed by atoms with Crippen LogP contribution in [-0.4, -0.2) is 87.5 Å². The highest BCUT2D eigenvalue weighted by atomic mass is 16.5. The van der Waals surface area contributed by atoms with Crippen molar-refractivity contribution in [3.05, 3.63) is 71.8 Å². The van der Waals surface area contributed by atoms with E-state index in [1.54, 1.807) is 0 Å². The highest BCUT2D eigenvalue weighted by molar-refractivity contribution is 5.85. The summed E-state index contributed by atoms with van der Waals surface area (Å²) in [6.07, 6.45) is 6.86. The van der Waals surface area contributed by atoms with Crippen molar-refractivity contribution in [1.29, 1.82) is 0 Å². The molecular formula is C34H48N2O4+2. The Kier molecular flexibility index (Phi) is 9.27. The molecule has 1 saturated carbocycles. The number of hydrogen-bond donors (Lipinski definition) is 0. The molecule has 1 aliphatic carbocycles. The standard InChI is InChI=1S/C34H48N2O4/c1-35(19-9-10-20-35)23-13-25-39-33(37)31-29(27-15-5-3-6-16-27)32(30(31)28-17-7-4-8-18-28)34(38)40-26-14-24-36(2)21-11-12-22-36/h3-8,15-18,29-32H,9-14,19-26H2,1-2H3/q+2. The molecule has 6 heteroatoms. The summed E-state index contributed by atoms with van der Waals surface area (Å²) < 4.78 is 14.0. The maximum absolute atomic E-state index is 13.7. The number of carbonyl (C=O) groups is 2. The quantitative estimate of drug-likeness (QED) is 0.209. The first kappa shape index (κ1) is 28.8. The number of carbonyl (C=O) groups excluding carboxylic acids is 2. The van der Waals surface area contributed by atoms with Crippen LogP contribution in [0.1, 0.15) is 61.5 Å². The third-order valence-corrected chi connectivity index (χ3v) is 9.93. The molecule has 2 aliphatic heterocycles. The molecule has 0 bridgehead atoms. The van der Waals surface area contributed by atoms with E-state index in [4.69, 9.17) is 9.47 Å². The smallest absolute Gasteiger partial charge is 0.310 e. The molecule has 2 heterocycles. The van der Waals surface area contributed by atoms with E-state index >= 15 is 0 Å². The van der Waals surface area contributed by atoms with Crippen LogP contribution in [0.25, 0.3) is 0 Å². The molecule has 40 heavy (non-hydrogen) atoms. The van der Waals surface area contributed by atoms with Crippen molar-refractivity contribution in [3.63, 3.8) is 0 Å². The predicted molar refractivity (Wildman–Crippen MR) is 157 cm³/mol. The summed E-state index contributed by atoms with van der Waals surface area (Å²) in [4.78, 5) is 27.4. The van der Waals surface area contributed by atoms with Crippen LogP contribution >= 0.6 is 0 Å². The van der Waals surface area contributed by atoms with Gasteiger partial charge in [-0.1, -0.05) is 60.7 Å². The average Bonchev–Trinajstić information content (AvgIpc) is 3.58.